The average molecular weight is 394 g/mol. The van der Waals surface area contributed by atoms with Gasteiger partial charge in [0.25, 0.3) is 0 Å². The maximum Gasteiger partial charge on any atom is 0.246 e. The van der Waals surface area contributed by atoms with E-state index in [2.05, 4.69) is 9.97 Å². The number of ether oxygens (including phenoxy) is 1. The number of aryl methyl sites for hydroxylation is 1. The van der Waals surface area contributed by atoms with Crippen molar-refractivity contribution in [1.82, 2.24) is 14.3 Å². The lowest BCUT2D eigenvalue weighted by Crippen LogP contribution is -2.49. The topological polar surface area (TPSA) is 75.6 Å². The zero-order valence-electron chi connectivity index (χ0n) is 15.6. The van der Waals surface area contributed by atoms with E-state index in [0.29, 0.717) is 30.6 Å². The van der Waals surface area contributed by atoms with Crippen LogP contribution in [0.2, 0.25) is 0 Å². The second-order valence-electron chi connectivity index (χ2n) is 6.60. The third kappa shape index (κ3) is 4.36. The van der Waals surface area contributed by atoms with E-state index in [1.54, 1.807) is 13.0 Å². The van der Waals surface area contributed by atoms with Crippen molar-refractivity contribution >= 4 is 15.8 Å². The number of benzene rings is 1. The Morgan fingerprint density at radius 1 is 1.11 bits per heavy atom. The summed E-state index contributed by atoms with van der Waals surface area (Å²) in [5.74, 6) is 1.04. The molecule has 0 N–H and O–H groups in total. The number of anilines is 1. The monoisotopic (exact) mass is 394 g/mol. The van der Waals surface area contributed by atoms with Crippen molar-refractivity contribution in [2.75, 3.05) is 31.1 Å². The third-order valence-corrected chi connectivity index (χ3v) is 6.11. The van der Waals surface area contributed by atoms with E-state index in [9.17, 15) is 12.8 Å². The molecule has 7 nitrogen and oxygen atoms in total. The Morgan fingerprint density at radius 3 is 2.41 bits per heavy atom. The third-order valence-electron chi connectivity index (χ3n) is 4.17. The van der Waals surface area contributed by atoms with Gasteiger partial charge in [0.2, 0.25) is 15.9 Å². The molecule has 27 heavy (non-hydrogen) atoms. The molecule has 9 heteroatoms. The first-order valence-corrected chi connectivity index (χ1v) is 10.2. The fourth-order valence-electron chi connectivity index (χ4n) is 2.94. The van der Waals surface area contributed by atoms with E-state index in [4.69, 9.17) is 4.74 Å². The van der Waals surface area contributed by atoms with E-state index in [0.717, 1.165) is 6.07 Å². The van der Waals surface area contributed by atoms with Gasteiger partial charge < -0.3 is 9.64 Å². The highest BCUT2D eigenvalue weighted by molar-refractivity contribution is 7.89. The summed E-state index contributed by atoms with van der Waals surface area (Å²) >= 11 is 0. The van der Waals surface area contributed by atoms with Crippen molar-refractivity contribution in [2.45, 2.75) is 31.8 Å². The van der Waals surface area contributed by atoms with Crippen LogP contribution in [0, 0.1) is 12.7 Å². The first-order valence-electron chi connectivity index (χ1n) is 8.79. The molecule has 0 aliphatic carbocycles. The fourth-order valence-corrected chi connectivity index (χ4v) is 4.43. The lowest BCUT2D eigenvalue weighted by molar-refractivity contribution is 0.231. The fraction of sp³-hybridized carbons (Fsp3) is 0.444. The molecule has 0 unspecified atom stereocenters. The average Bonchev–Trinajstić information content (AvgIpc) is 2.61. The molecule has 0 saturated carbocycles. The van der Waals surface area contributed by atoms with Gasteiger partial charge in [-0.15, -0.1) is 0 Å². The van der Waals surface area contributed by atoms with Crippen molar-refractivity contribution in [3.05, 3.63) is 42.0 Å². The van der Waals surface area contributed by atoms with Crippen LogP contribution in [0.1, 0.15) is 19.7 Å². The minimum Gasteiger partial charge on any atom is -0.475 e. The Hall–Kier alpha value is -2.26. The summed E-state index contributed by atoms with van der Waals surface area (Å²) in [5.41, 5.74) is 0. The molecular formula is C18H23FN4O3S. The van der Waals surface area contributed by atoms with Crippen LogP contribution in [0.5, 0.6) is 5.88 Å². The van der Waals surface area contributed by atoms with Crippen molar-refractivity contribution < 1.29 is 17.5 Å². The molecule has 1 aromatic carbocycles. The number of rotatable bonds is 5. The molecule has 3 rings (SSSR count). The highest BCUT2D eigenvalue weighted by Crippen LogP contribution is 2.23. The summed E-state index contributed by atoms with van der Waals surface area (Å²) in [6.45, 7) is 7.03. The zero-order valence-corrected chi connectivity index (χ0v) is 16.4. The maximum atomic E-state index is 13.9. The van der Waals surface area contributed by atoms with Crippen LogP contribution in [0.3, 0.4) is 0 Å². The maximum absolute atomic E-state index is 13.9. The zero-order chi connectivity index (χ0) is 19.6. The van der Waals surface area contributed by atoms with Crippen LogP contribution < -0.4 is 9.64 Å². The summed E-state index contributed by atoms with van der Waals surface area (Å²) in [7, 11) is -3.86. The highest BCUT2D eigenvalue weighted by atomic mass is 32.2. The van der Waals surface area contributed by atoms with Gasteiger partial charge in [0.1, 0.15) is 22.4 Å². The summed E-state index contributed by atoms with van der Waals surface area (Å²) in [5, 5.41) is 0. The van der Waals surface area contributed by atoms with Crippen LogP contribution in [0.15, 0.2) is 35.2 Å². The molecule has 1 fully saturated rings. The van der Waals surface area contributed by atoms with Gasteiger partial charge in [0.05, 0.1) is 6.10 Å². The molecule has 2 aromatic rings. The lowest BCUT2D eigenvalue weighted by atomic mass is 10.3. The van der Waals surface area contributed by atoms with Gasteiger partial charge in [-0.25, -0.2) is 17.8 Å². The number of piperazine rings is 1. The Labute approximate surface area is 158 Å². The van der Waals surface area contributed by atoms with Gasteiger partial charge in [-0.3, -0.25) is 0 Å². The predicted octanol–water partition coefficient (Wildman–Crippen LogP) is 2.22. The Morgan fingerprint density at radius 2 is 1.78 bits per heavy atom. The Kier molecular flexibility index (Phi) is 5.61. The lowest BCUT2D eigenvalue weighted by Gasteiger charge is -2.34. The van der Waals surface area contributed by atoms with Crippen LogP contribution >= 0.6 is 0 Å². The minimum absolute atomic E-state index is 0.00471. The predicted molar refractivity (Wildman–Crippen MR) is 99.9 cm³/mol. The SMILES string of the molecule is Cc1nc(OC(C)C)cc(N2CCN(S(=O)(=O)c3ccccc3F)CC2)n1. The number of nitrogens with zero attached hydrogens (tertiary/aromatic N) is 4. The summed E-state index contributed by atoms with van der Waals surface area (Å²) in [6, 6.07) is 7.20. The molecule has 0 radical (unpaired) electrons. The first kappa shape index (κ1) is 19.5. The highest BCUT2D eigenvalue weighted by Gasteiger charge is 2.31. The molecule has 2 heterocycles. The summed E-state index contributed by atoms with van der Waals surface area (Å²) in [4.78, 5) is 10.4. The molecule has 0 spiro atoms. The smallest absolute Gasteiger partial charge is 0.246 e. The molecule has 146 valence electrons. The second kappa shape index (κ2) is 7.77. The summed E-state index contributed by atoms with van der Waals surface area (Å²) < 4.78 is 46.3. The standard InChI is InChI=1S/C18H23FN4O3S/c1-13(2)26-18-12-17(20-14(3)21-18)22-8-10-23(11-9-22)27(24,25)16-7-5-4-6-15(16)19/h4-7,12-13H,8-11H2,1-3H3. The molecular weight excluding hydrogens is 371 g/mol. The molecule has 1 aliphatic rings. The van der Waals surface area contributed by atoms with Gasteiger partial charge in [-0.05, 0) is 32.9 Å². The van der Waals surface area contributed by atoms with Crippen LogP contribution in [0.4, 0.5) is 10.2 Å². The number of hydrogen-bond donors (Lipinski definition) is 0. The molecule has 0 atom stereocenters. The van der Waals surface area contributed by atoms with E-state index < -0.39 is 15.8 Å². The van der Waals surface area contributed by atoms with Crippen molar-refractivity contribution in [2.24, 2.45) is 0 Å². The van der Waals surface area contributed by atoms with Gasteiger partial charge in [-0.2, -0.15) is 9.29 Å². The van der Waals surface area contributed by atoms with Crippen LogP contribution in [-0.4, -0.2) is 55.0 Å². The Bertz CT molecular complexity index is 913. The number of sulfonamides is 1. The van der Waals surface area contributed by atoms with Gasteiger partial charge >= 0.3 is 0 Å². The summed E-state index contributed by atoms with van der Waals surface area (Å²) in [6.07, 6.45) is -0.00471. The normalized spacial score (nSPS) is 16.0. The van der Waals surface area contributed by atoms with Crippen LogP contribution in [-0.2, 0) is 10.0 Å². The molecule has 1 saturated heterocycles. The van der Waals surface area contributed by atoms with Gasteiger partial charge in [-0.1, -0.05) is 12.1 Å². The Balaban J connectivity index is 1.74. The number of aromatic nitrogens is 2. The number of hydrogen-bond acceptors (Lipinski definition) is 6. The largest absolute Gasteiger partial charge is 0.475 e. The molecule has 0 amide bonds. The minimum atomic E-state index is -3.86. The van der Waals surface area contributed by atoms with E-state index in [1.807, 2.05) is 18.7 Å². The molecule has 1 aliphatic heterocycles. The van der Waals surface area contributed by atoms with E-state index in [1.165, 1.54) is 22.5 Å². The van der Waals surface area contributed by atoms with Crippen molar-refractivity contribution in [3.63, 3.8) is 0 Å². The second-order valence-corrected chi connectivity index (χ2v) is 8.51. The number of halogens is 1. The quantitative estimate of drug-likeness (QED) is 0.774. The van der Waals surface area contributed by atoms with Gasteiger partial charge in [0, 0.05) is 32.2 Å². The van der Waals surface area contributed by atoms with E-state index >= 15 is 0 Å². The molecule has 0 bridgehead atoms. The van der Waals surface area contributed by atoms with Crippen molar-refractivity contribution in [3.8, 4) is 5.88 Å². The molecule has 1 aromatic heterocycles. The van der Waals surface area contributed by atoms with Crippen LogP contribution in [0.25, 0.3) is 0 Å². The van der Waals surface area contributed by atoms with Crippen molar-refractivity contribution in [1.29, 1.82) is 0 Å². The first-order chi connectivity index (χ1) is 12.8. The van der Waals surface area contributed by atoms with Gasteiger partial charge in [0.15, 0.2) is 0 Å². The van der Waals surface area contributed by atoms with E-state index in [-0.39, 0.29) is 24.1 Å².